The first-order valence-corrected chi connectivity index (χ1v) is 9.09. The third-order valence-electron chi connectivity index (χ3n) is 4.54. The van der Waals surface area contributed by atoms with Crippen LogP contribution in [0.1, 0.15) is 25.5 Å². The molecule has 0 aliphatic carbocycles. The lowest BCUT2D eigenvalue weighted by atomic mass is 10.0. The Morgan fingerprint density at radius 1 is 0.962 bits per heavy atom. The number of rotatable bonds is 7. The van der Waals surface area contributed by atoms with Crippen LogP contribution in [-0.4, -0.2) is 43.2 Å². The second-order valence-electron chi connectivity index (χ2n) is 6.13. The quantitative estimate of drug-likeness (QED) is 0.712. The maximum Gasteiger partial charge on any atom is 0.351 e. The molecule has 2 aromatic rings. The average molecular weight is 355 g/mol. The zero-order valence-electron chi connectivity index (χ0n) is 15.3. The van der Waals surface area contributed by atoms with Gasteiger partial charge in [-0.25, -0.2) is 4.79 Å². The smallest absolute Gasteiger partial charge is 0.351 e. The SMILES string of the molecule is CCN(CC)CCOC(=O)C1Oc2ccccc2OC1c1ccccc1. The van der Waals surface area contributed by atoms with Crippen LogP contribution >= 0.6 is 0 Å². The predicted octanol–water partition coefficient (Wildman–Crippen LogP) is 3.45. The lowest BCUT2D eigenvalue weighted by molar-refractivity contribution is -0.159. The minimum Gasteiger partial charge on any atom is -0.477 e. The van der Waals surface area contributed by atoms with Crippen molar-refractivity contribution in [3.63, 3.8) is 0 Å². The van der Waals surface area contributed by atoms with Crippen LogP contribution in [0.4, 0.5) is 0 Å². The summed E-state index contributed by atoms with van der Waals surface area (Å²) in [7, 11) is 0. The molecule has 0 N–H and O–H groups in total. The molecule has 0 radical (unpaired) electrons. The van der Waals surface area contributed by atoms with E-state index in [0.29, 0.717) is 24.7 Å². The van der Waals surface area contributed by atoms with Gasteiger partial charge in [0.2, 0.25) is 6.10 Å². The van der Waals surface area contributed by atoms with E-state index in [0.717, 1.165) is 18.7 Å². The number of esters is 1. The van der Waals surface area contributed by atoms with Gasteiger partial charge in [-0.05, 0) is 30.8 Å². The minimum absolute atomic E-state index is 0.337. The van der Waals surface area contributed by atoms with Gasteiger partial charge in [-0.3, -0.25) is 0 Å². The second kappa shape index (κ2) is 8.72. The Labute approximate surface area is 154 Å². The number of fused-ring (bicyclic) bond motifs is 1. The number of carbonyl (C=O) groups excluding carboxylic acids is 1. The van der Waals surface area contributed by atoms with Crippen molar-refractivity contribution >= 4 is 5.97 Å². The van der Waals surface area contributed by atoms with E-state index in [1.807, 2.05) is 48.5 Å². The van der Waals surface area contributed by atoms with Crippen LogP contribution < -0.4 is 9.47 Å². The van der Waals surface area contributed by atoms with Crippen molar-refractivity contribution in [1.82, 2.24) is 4.90 Å². The summed E-state index contributed by atoms with van der Waals surface area (Å²) in [6, 6.07) is 17.0. The molecule has 0 spiro atoms. The lowest BCUT2D eigenvalue weighted by Gasteiger charge is -2.33. The molecular formula is C21H25NO4. The van der Waals surface area contributed by atoms with Crippen LogP contribution in [0, 0.1) is 0 Å². The van der Waals surface area contributed by atoms with Gasteiger partial charge in [0, 0.05) is 6.54 Å². The van der Waals surface area contributed by atoms with Crippen molar-refractivity contribution in [3.8, 4) is 11.5 Å². The summed E-state index contributed by atoms with van der Waals surface area (Å²) in [5.74, 6) is 0.791. The normalized spacial score (nSPS) is 18.6. The first kappa shape index (κ1) is 18.3. The molecule has 2 aromatic carbocycles. The molecule has 138 valence electrons. The molecule has 0 saturated heterocycles. The highest BCUT2D eigenvalue weighted by Crippen LogP contribution is 2.39. The maximum absolute atomic E-state index is 12.7. The van der Waals surface area contributed by atoms with Gasteiger partial charge in [0.1, 0.15) is 6.61 Å². The summed E-state index contributed by atoms with van der Waals surface area (Å²) in [5, 5.41) is 0. The number of carbonyl (C=O) groups is 1. The second-order valence-corrected chi connectivity index (χ2v) is 6.13. The van der Waals surface area contributed by atoms with Crippen LogP contribution in [0.2, 0.25) is 0 Å². The van der Waals surface area contributed by atoms with Crippen molar-refractivity contribution in [2.45, 2.75) is 26.1 Å². The molecule has 0 amide bonds. The summed E-state index contributed by atoms with van der Waals surface area (Å²) in [5.41, 5.74) is 0.882. The maximum atomic E-state index is 12.7. The molecule has 1 heterocycles. The van der Waals surface area contributed by atoms with Crippen molar-refractivity contribution in [2.24, 2.45) is 0 Å². The van der Waals surface area contributed by atoms with E-state index < -0.39 is 18.2 Å². The summed E-state index contributed by atoms with van der Waals surface area (Å²) in [4.78, 5) is 14.9. The molecule has 5 nitrogen and oxygen atoms in total. The Balaban J connectivity index is 1.75. The molecule has 0 fully saturated rings. The van der Waals surface area contributed by atoms with Gasteiger partial charge in [-0.1, -0.05) is 56.3 Å². The molecule has 0 bridgehead atoms. The summed E-state index contributed by atoms with van der Waals surface area (Å²) in [6.07, 6.45) is -1.36. The van der Waals surface area contributed by atoms with Gasteiger partial charge >= 0.3 is 5.97 Å². The molecule has 0 saturated carbocycles. The van der Waals surface area contributed by atoms with E-state index in [9.17, 15) is 4.79 Å². The first-order chi connectivity index (χ1) is 12.7. The standard InChI is InChI=1S/C21H25NO4/c1-3-22(4-2)14-15-24-21(23)20-19(16-10-6-5-7-11-16)25-17-12-8-9-13-18(17)26-20/h5-13,19-20H,3-4,14-15H2,1-2H3. The zero-order valence-corrected chi connectivity index (χ0v) is 15.3. The van der Waals surface area contributed by atoms with Gasteiger partial charge in [-0.15, -0.1) is 0 Å². The number of benzene rings is 2. The van der Waals surface area contributed by atoms with Crippen LogP contribution in [0.25, 0.3) is 0 Å². The highest BCUT2D eigenvalue weighted by Gasteiger charge is 2.39. The van der Waals surface area contributed by atoms with E-state index >= 15 is 0 Å². The molecule has 1 aliphatic heterocycles. The van der Waals surface area contributed by atoms with Crippen LogP contribution in [0.15, 0.2) is 54.6 Å². The number of nitrogens with zero attached hydrogens (tertiary/aromatic N) is 1. The van der Waals surface area contributed by atoms with Gasteiger partial charge < -0.3 is 19.1 Å². The largest absolute Gasteiger partial charge is 0.477 e. The fourth-order valence-electron chi connectivity index (χ4n) is 3.00. The molecule has 2 atom stereocenters. The topological polar surface area (TPSA) is 48.0 Å². The first-order valence-electron chi connectivity index (χ1n) is 9.09. The number of hydrogen-bond donors (Lipinski definition) is 0. The van der Waals surface area contributed by atoms with Crippen LogP contribution in [0.5, 0.6) is 11.5 Å². The van der Waals surface area contributed by atoms with E-state index in [4.69, 9.17) is 14.2 Å². The molecule has 5 heteroatoms. The third-order valence-corrected chi connectivity index (χ3v) is 4.54. The van der Waals surface area contributed by atoms with E-state index in [-0.39, 0.29) is 0 Å². The highest BCUT2D eigenvalue weighted by molar-refractivity contribution is 5.77. The zero-order chi connectivity index (χ0) is 18.4. The highest BCUT2D eigenvalue weighted by atomic mass is 16.6. The number of hydrogen-bond acceptors (Lipinski definition) is 5. The predicted molar refractivity (Wildman–Crippen MR) is 99.4 cm³/mol. The molecule has 0 aromatic heterocycles. The van der Waals surface area contributed by atoms with Gasteiger partial charge in [0.15, 0.2) is 17.6 Å². The van der Waals surface area contributed by atoms with Crippen molar-refractivity contribution in [3.05, 3.63) is 60.2 Å². The number of ether oxygens (including phenoxy) is 3. The Morgan fingerprint density at radius 2 is 1.58 bits per heavy atom. The molecule has 2 unspecified atom stereocenters. The monoisotopic (exact) mass is 355 g/mol. The fourth-order valence-corrected chi connectivity index (χ4v) is 3.00. The molecule has 26 heavy (non-hydrogen) atoms. The molecule has 3 rings (SSSR count). The Bertz CT molecular complexity index is 715. The van der Waals surface area contributed by atoms with Crippen molar-refractivity contribution < 1.29 is 19.0 Å². The summed E-state index contributed by atoms with van der Waals surface area (Å²) < 4.78 is 17.5. The van der Waals surface area contributed by atoms with E-state index in [1.54, 1.807) is 6.07 Å². The fraction of sp³-hybridized carbons (Fsp3) is 0.381. The number of para-hydroxylation sites is 2. The summed E-state index contributed by atoms with van der Waals surface area (Å²) >= 11 is 0. The third kappa shape index (κ3) is 4.17. The lowest BCUT2D eigenvalue weighted by Crippen LogP contribution is -2.41. The Morgan fingerprint density at radius 3 is 2.23 bits per heavy atom. The van der Waals surface area contributed by atoms with Crippen molar-refractivity contribution in [2.75, 3.05) is 26.2 Å². The summed E-state index contributed by atoms with van der Waals surface area (Å²) in [6.45, 7) is 7.08. The van der Waals surface area contributed by atoms with Crippen LogP contribution in [0.3, 0.4) is 0 Å². The van der Waals surface area contributed by atoms with Gasteiger partial charge in [0.25, 0.3) is 0 Å². The Hall–Kier alpha value is -2.53. The van der Waals surface area contributed by atoms with E-state index in [1.165, 1.54) is 0 Å². The molecular weight excluding hydrogens is 330 g/mol. The van der Waals surface area contributed by atoms with Gasteiger partial charge in [0.05, 0.1) is 0 Å². The Kier molecular flexibility index (Phi) is 6.12. The van der Waals surface area contributed by atoms with Crippen molar-refractivity contribution in [1.29, 1.82) is 0 Å². The minimum atomic E-state index is -0.830. The van der Waals surface area contributed by atoms with Crippen LogP contribution in [-0.2, 0) is 9.53 Å². The number of likely N-dealkylation sites (N-methyl/N-ethyl adjacent to an activating group) is 1. The molecule has 1 aliphatic rings. The van der Waals surface area contributed by atoms with E-state index in [2.05, 4.69) is 18.7 Å². The van der Waals surface area contributed by atoms with Gasteiger partial charge in [-0.2, -0.15) is 0 Å². The average Bonchev–Trinajstić information content (AvgIpc) is 2.70.